The molecule has 2 amide bonds. The van der Waals surface area contributed by atoms with Gasteiger partial charge in [-0.1, -0.05) is 30.5 Å². The van der Waals surface area contributed by atoms with E-state index in [2.05, 4.69) is 10.6 Å². The Kier molecular flexibility index (Phi) is 4.20. The molecule has 0 bridgehead atoms. The minimum atomic E-state index is -0.649. The van der Waals surface area contributed by atoms with Crippen LogP contribution in [-0.4, -0.2) is 17.9 Å². The predicted octanol–water partition coefficient (Wildman–Crippen LogP) is 2.34. The van der Waals surface area contributed by atoms with Gasteiger partial charge in [0.2, 0.25) is 0 Å². The summed E-state index contributed by atoms with van der Waals surface area (Å²) in [6.07, 6.45) is 4.13. The van der Waals surface area contributed by atoms with Gasteiger partial charge in [-0.3, -0.25) is 9.59 Å². The second-order valence-electron chi connectivity index (χ2n) is 4.42. The molecule has 1 aliphatic rings. The number of hydrogen-bond donors (Lipinski definition) is 2. The summed E-state index contributed by atoms with van der Waals surface area (Å²) in [4.78, 5) is 23.3. The van der Waals surface area contributed by atoms with Crippen LogP contribution in [0.15, 0.2) is 24.3 Å². The lowest BCUT2D eigenvalue weighted by molar-refractivity contribution is -0.136. The minimum Gasteiger partial charge on any atom is -0.345 e. The van der Waals surface area contributed by atoms with Crippen LogP contribution in [0.5, 0.6) is 0 Å². The molecule has 0 atom stereocenters. The first kappa shape index (κ1) is 12.9. The molecule has 1 fully saturated rings. The first-order valence-electron chi connectivity index (χ1n) is 6.02. The number of halogens is 1. The number of rotatable bonds is 2. The van der Waals surface area contributed by atoms with E-state index in [9.17, 15) is 9.59 Å². The summed E-state index contributed by atoms with van der Waals surface area (Å²) >= 11 is 5.79. The van der Waals surface area contributed by atoms with Crippen molar-refractivity contribution in [3.8, 4) is 0 Å². The summed E-state index contributed by atoms with van der Waals surface area (Å²) in [5, 5.41) is 5.77. The number of amides is 2. The molecule has 0 aliphatic heterocycles. The molecule has 5 heteroatoms. The fourth-order valence-electron chi connectivity index (χ4n) is 2.08. The molecule has 0 aromatic heterocycles. The summed E-state index contributed by atoms with van der Waals surface area (Å²) in [6, 6.07) is 6.85. The zero-order chi connectivity index (χ0) is 13.0. The van der Waals surface area contributed by atoms with Crippen LogP contribution in [0.25, 0.3) is 0 Å². The SMILES string of the molecule is O=C(Nc1cccc(Cl)c1)C(=O)NC1CCCC1. The van der Waals surface area contributed by atoms with Crippen molar-refractivity contribution in [2.75, 3.05) is 5.32 Å². The van der Waals surface area contributed by atoms with Gasteiger partial charge in [0.1, 0.15) is 0 Å². The molecule has 0 heterocycles. The van der Waals surface area contributed by atoms with Gasteiger partial charge in [0.05, 0.1) is 0 Å². The Hall–Kier alpha value is -1.55. The Morgan fingerprint density at radius 1 is 1.17 bits per heavy atom. The Morgan fingerprint density at radius 2 is 1.89 bits per heavy atom. The number of hydrogen-bond acceptors (Lipinski definition) is 2. The van der Waals surface area contributed by atoms with Gasteiger partial charge in [-0.25, -0.2) is 0 Å². The topological polar surface area (TPSA) is 58.2 Å². The molecule has 1 saturated carbocycles. The van der Waals surface area contributed by atoms with E-state index < -0.39 is 11.8 Å². The van der Waals surface area contributed by atoms with Crippen LogP contribution < -0.4 is 10.6 Å². The third kappa shape index (κ3) is 3.47. The molecule has 1 aromatic rings. The van der Waals surface area contributed by atoms with Crippen LogP contribution in [0.2, 0.25) is 5.02 Å². The number of anilines is 1. The van der Waals surface area contributed by atoms with E-state index >= 15 is 0 Å². The van der Waals surface area contributed by atoms with Crippen molar-refractivity contribution in [2.45, 2.75) is 31.7 Å². The summed E-state index contributed by atoms with van der Waals surface area (Å²) < 4.78 is 0. The molecule has 2 N–H and O–H groups in total. The zero-order valence-corrected chi connectivity index (χ0v) is 10.7. The summed E-state index contributed by atoms with van der Waals surface area (Å²) in [5.74, 6) is -1.23. The van der Waals surface area contributed by atoms with Crippen molar-refractivity contribution in [1.82, 2.24) is 5.32 Å². The highest BCUT2D eigenvalue weighted by Crippen LogP contribution is 2.18. The van der Waals surface area contributed by atoms with Gasteiger partial charge in [-0.2, -0.15) is 0 Å². The van der Waals surface area contributed by atoms with Crippen molar-refractivity contribution in [2.24, 2.45) is 0 Å². The molecule has 1 aromatic carbocycles. The Labute approximate surface area is 111 Å². The van der Waals surface area contributed by atoms with Crippen LogP contribution in [0, 0.1) is 0 Å². The average Bonchev–Trinajstić information content (AvgIpc) is 2.81. The van der Waals surface area contributed by atoms with Gasteiger partial charge in [0.25, 0.3) is 0 Å². The Bertz CT molecular complexity index is 456. The van der Waals surface area contributed by atoms with E-state index in [1.807, 2.05) is 0 Å². The van der Waals surface area contributed by atoms with Crippen LogP contribution in [0.4, 0.5) is 5.69 Å². The van der Waals surface area contributed by atoms with Crippen LogP contribution in [-0.2, 0) is 9.59 Å². The van der Waals surface area contributed by atoms with Crippen molar-refractivity contribution < 1.29 is 9.59 Å². The van der Waals surface area contributed by atoms with E-state index in [0.717, 1.165) is 25.7 Å². The summed E-state index contributed by atoms with van der Waals surface area (Å²) in [6.45, 7) is 0. The van der Waals surface area contributed by atoms with Gasteiger partial charge in [0.15, 0.2) is 0 Å². The largest absolute Gasteiger partial charge is 0.345 e. The predicted molar refractivity (Wildman–Crippen MR) is 70.5 cm³/mol. The average molecular weight is 267 g/mol. The van der Waals surface area contributed by atoms with Gasteiger partial charge in [0, 0.05) is 16.8 Å². The Balaban J connectivity index is 1.88. The number of benzene rings is 1. The fraction of sp³-hybridized carbons (Fsp3) is 0.385. The quantitative estimate of drug-likeness (QED) is 0.807. The summed E-state index contributed by atoms with van der Waals surface area (Å²) in [7, 11) is 0. The molecule has 0 spiro atoms. The smallest absolute Gasteiger partial charge is 0.313 e. The van der Waals surface area contributed by atoms with E-state index in [0.29, 0.717) is 10.7 Å². The molecule has 18 heavy (non-hydrogen) atoms. The maximum Gasteiger partial charge on any atom is 0.313 e. The van der Waals surface area contributed by atoms with Crippen molar-refractivity contribution >= 4 is 29.1 Å². The Morgan fingerprint density at radius 3 is 2.56 bits per heavy atom. The van der Waals surface area contributed by atoms with Crippen LogP contribution >= 0.6 is 11.6 Å². The monoisotopic (exact) mass is 266 g/mol. The van der Waals surface area contributed by atoms with Crippen molar-refractivity contribution in [3.05, 3.63) is 29.3 Å². The number of carbonyl (C=O) groups excluding carboxylic acids is 2. The highest BCUT2D eigenvalue weighted by atomic mass is 35.5. The van der Waals surface area contributed by atoms with E-state index in [1.165, 1.54) is 0 Å². The third-order valence-corrected chi connectivity index (χ3v) is 3.21. The number of nitrogens with one attached hydrogen (secondary N) is 2. The maximum absolute atomic E-state index is 11.6. The standard InChI is InChI=1S/C13H15ClN2O2/c14-9-4-3-7-11(8-9)16-13(18)12(17)15-10-5-1-2-6-10/h3-4,7-8,10H,1-2,5-6H2,(H,15,17)(H,16,18). The highest BCUT2D eigenvalue weighted by Gasteiger charge is 2.21. The van der Waals surface area contributed by atoms with Gasteiger partial charge in [-0.15, -0.1) is 0 Å². The third-order valence-electron chi connectivity index (χ3n) is 2.98. The first-order valence-corrected chi connectivity index (χ1v) is 6.40. The second kappa shape index (κ2) is 5.87. The van der Waals surface area contributed by atoms with Gasteiger partial charge < -0.3 is 10.6 Å². The summed E-state index contributed by atoms with van der Waals surface area (Å²) in [5.41, 5.74) is 0.522. The molecule has 0 saturated heterocycles. The van der Waals surface area contributed by atoms with Crippen LogP contribution in [0.1, 0.15) is 25.7 Å². The zero-order valence-electron chi connectivity index (χ0n) is 9.91. The van der Waals surface area contributed by atoms with E-state index in [-0.39, 0.29) is 6.04 Å². The highest BCUT2D eigenvalue weighted by molar-refractivity contribution is 6.40. The normalized spacial score (nSPS) is 15.4. The molecule has 4 nitrogen and oxygen atoms in total. The molecule has 0 unspecified atom stereocenters. The first-order chi connectivity index (χ1) is 8.65. The van der Waals surface area contributed by atoms with Crippen molar-refractivity contribution in [1.29, 1.82) is 0 Å². The van der Waals surface area contributed by atoms with E-state index in [4.69, 9.17) is 11.6 Å². The van der Waals surface area contributed by atoms with Gasteiger partial charge >= 0.3 is 11.8 Å². The maximum atomic E-state index is 11.6. The molecule has 96 valence electrons. The molecular weight excluding hydrogens is 252 g/mol. The molecule has 1 aliphatic carbocycles. The van der Waals surface area contributed by atoms with Gasteiger partial charge in [-0.05, 0) is 31.0 Å². The molecule has 0 radical (unpaired) electrons. The molecule has 2 rings (SSSR count). The lowest BCUT2D eigenvalue weighted by Gasteiger charge is -2.11. The number of carbonyl (C=O) groups is 2. The second-order valence-corrected chi connectivity index (χ2v) is 4.86. The fourth-order valence-corrected chi connectivity index (χ4v) is 2.27. The molecular formula is C13H15ClN2O2. The van der Waals surface area contributed by atoms with E-state index in [1.54, 1.807) is 24.3 Å². The minimum absolute atomic E-state index is 0.141. The van der Waals surface area contributed by atoms with Crippen molar-refractivity contribution in [3.63, 3.8) is 0 Å². The van der Waals surface area contributed by atoms with Crippen LogP contribution in [0.3, 0.4) is 0 Å². The lowest BCUT2D eigenvalue weighted by atomic mass is 10.2. The lowest BCUT2D eigenvalue weighted by Crippen LogP contribution is -2.40.